The molecule has 0 saturated carbocycles. The zero-order chi connectivity index (χ0) is 10.7. The smallest absolute Gasteiger partial charge is 0.416 e. The van der Waals surface area contributed by atoms with Crippen LogP contribution in [0.4, 0.5) is 4.79 Å². The molecule has 1 amide bonds. The van der Waals surface area contributed by atoms with Crippen LogP contribution in [-0.4, -0.2) is 29.6 Å². The van der Waals surface area contributed by atoms with E-state index in [-0.39, 0.29) is 0 Å². The van der Waals surface area contributed by atoms with E-state index in [0.29, 0.717) is 12.3 Å². The highest BCUT2D eigenvalue weighted by Crippen LogP contribution is 2.16. The van der Waals surface area contributed by atoms with Crippen LogP contribution in [0.2, 0.25) is 0 Å². The molecule has 1 rings (SSSR count). The molecule has 0 aromatic rings. The predicted molar refractivity (Wildman–Crippen MR) is 48.6 cm³/mol. The molecule has 0 fully saturated rings. The third-order valence-electron chi connectivity index (χ3n) is 1.95. The fourth-order valence-corrected chi connectivity index (χ4v) is 1.29. The maximum atomic E-state index is 10.6. The number of rotatable bonds is 4. The van der Waals surface area contributed by atoms with Crippen molar-refractivity contribution in [2.24, 2.45) is 21.9 Å². The lowest BCUT2D eigenvalue weighted by atomic mass is 9.99. The van der Waals surface area contributed by atoms with Crippen molar-refractivity contribution in [3.05, 3.63) is 0 Å². The maximum Gasteiger partial charge on any atom is 0.454 e. The van der Waals surface area contributed by atoms with E-state index < -0.39 is 24.5 Å². The summed E-state index contributed by atoms with van der Waals surface area (Å²) < 4.78 is 4.62. The molecule has 6 heteroatoms. The molecule has 2 unspecified atom stereocenters. The quantitative estimate of drug-likeness (QED) is 0.697. The van der Waals surface area contributed by atoms with Crippen molar-refractivity contribution >= 4 is 6.09 Å². The topological polar surface area (TPSA) is 97.3 Å². The highest BCUT2D eigenvalue weighted by Gasteiger charge is 2.32. The molecule has 1 aliphatic rings. The Morgan fingerprint density at radius 3 is 2.71 bits per heavy atom. The van der Waals surface area contributed by atoms with Gasteiger partial charge >= 0.3 is 6.09 Å². The number of azo groups is 1. The van der Waals surface area contributed by atoms with Crippen LogP contribution in [0.1, 0.15) is 20.3 Å². The van der Waals surface area contributed by atoms with Gasteiger partial charge < -0.3 is 15.6 Å². The van der Waals surface area contributed by atoms with Crippen molar-refractivity contribution in [3.8, 4) is 0 Å². The van der Waals surface area contributed by atoms with Crippen LogP contribution in [0.3, 0.4) is 0 Å². The van der Waals surface area contributed by atoms with Gasteiger partial charge in [0, 0.05) is 6.04 Å². The number of cyclic esters (lactones) is 1. The molecule has 6 nitrogen and oxygen atoms in total. The van der Waals surface area contributed by atoms with Gasteiger partial charge in [-0.1, -0.05) is 19.0 Å². The van der Waals surface area contributed by atoms with Crippen LogP contribution < -0.4 is 5.73 Å². The summed E-state index contributed by atoms with van der Waals surface area (Å²) in [6.07, 6.45) is -2.04. The lowest BCUT2D eigenvalue weighted by Gasteiger charge is -2.22. The van der Waals surface area contributed by atoms with Crippen LogP contribution >= 0.6 is 0 Å². The second-order valence-electron chi connectivity index (χ2n) is 3.77. The Morgan fingerprint density at radius 2 is 2.29 bits per heavy atom. The van der Waals surface area contributed by atoms with Gasteiger partial charge in [0.2, 0.25) is 6.23 Å². The van der Waals surface area contributed by atoms with E-state index >= 15 is 0 Å². The number of carbonyl (C=O) groups excluding carboxylic acids is 1. The Kier molecular flexibility index (Phi) is 3.54. The number of aliphatic hydroxyl groups excluding tert-OH is 1. The summed E-state index contributed by atoms with van der Waals surface area (Å²) in [5.74, 6) is 0.369. The van der Waals surface area contributed by atoms with Gasteiger partial charge in [0.05, 0.1) is 0 Å². The molecule has 0 aliphatic carbocycles. The Hall–Kier alpha value is -1.01. The summed E-state index contributed by atoms with van der Waals surface area (Å²) in [4.78, 5) is 10.6. The number of aliphatic hydroxyl groups is 1. The van der Waals surface area contributed by atoms with Gasteiger partial charge in [-0.25, -0.2) is 4.79 Å². The van der Waals surface area contributed by atoms with E-state index in [9.17, 15) is 9.90 Å². The molecule has 3 N–H and O–H groups in total. The van der Waals surface area contributed by atoms with Crippen molar-refractivity contribution in [2.45, 2.75) is 38.6 Å². The second kappa shape index (κ2) is 4.47. The Bertz CT molecular complexity index is 242. The molecule has 1 heterocycles. The summed E-state index contributed by atoms with van der Waals surface area (Å²) in [6.45, 7) is 3.99. The van der Waals surface area contributed by atoms with E-state index in [2.05, 4.69) is 15.0 Å². The molecule has 3 atom stereocenters. The van der Waals surface area contributed by atoms with Crippen molar-refractivity contribution in [1.82, 2.24) is 0 Å². The Balaban J connectivity index is 2.44. The molecule has 0 radical (unpaired) electrons. The first kappa shape index (κ1) is 11.1. The first-order valence-corrected chi connectivity index (χ1v) is 4.56. The van der Waals surface area contributed by atoms with Crippen LogP contribution in [-0.2, 0) is 4.74 Å². The third kappa shape index (κ3) is 2.74. The van der Waals surface area contributed by atoms with Gasteiger partial charge in [0.1, 0.15) is 6.10 Å². The third-order valence-corrected chi connectivity index (χ3v) is 1.95. The van der Waals surface area contributed by atoms with E-state index in [4.69, 9.17) is 5.73 Å². The van der Waals surface area contributed by atoms with Crippen LogP contribution in [0.5, 0.6) is 0 Å². The SMILES string of the molecule is CC(C)C[C@H](N)C(O)C1N=NC(=O)O1. The molecule has 0 spiro atoms. The summed E-state index contributed by atoms with van der Waals surface area (Å²) in [6, 6.07) is -0.454. The molecule has 1 aliphatic heterocycles. The first-order chi connectivity index (χ1) is 6.50. The van der Waals surface area contributed by atoms with E-state index in [1.54, 1.807) is 0 Å². The van der Waals surface area contributed by atoms with Gasteiger partial charge in [0.15, 0.2) is 0 Å². The lowest BCUT2D eigenvalue weighted by Crippen LogP contribution is -2.43. The van der Waals surface area contributed by atoms with Gasteiger partial charge in [-0.3, -0.25) is 0 Å². The second-order valence-corrected chi connectivity index (χ2v) is 3.77. The number of carbonyl (C=O) groups is 1. The van der Waals surface area contributed by atoms with E-state index in [1.165, 1.54) is 0 Å². The summed E-state index contributed by atoms with van der Waals surface area (Å²) >= 11 is 0. The number of hydrogen-bond donors (Lipinski definition) is 2. The molecular formula is C8H15N3O3. The lowest BCUT2D eigenvalue weighted by molar-refractivity contribution is 0.00681. The molecule has 0 bridgehead atoms. The van der Waals surface area contributed by atoms with Crippen LogP contribution in [0.25, 0.3) is 0 Å². The van der Waals surface area contributed by atoms with Crippen molar-refractivity contribution < 1.29 is 14.6 Å². The van der Waals surface area contributed by atoms with Gasteiger partial charge in [-0.2, -0.15) is 0 Å². The summed E-state index contributed by atoms with van der Waals surface area (Å²) in [5, 5.41) is 16.2. The number of nitrogens with two attached hydrogens (primary N) is 1. The van der Waals surface area contributed by atoms with E-state index in [0.717, 1.165) is 0 Å². The van der Waals surface area contributed by atoms with Gasteiger partial charge in [0.25, 0.3) is 0 Å². The normalized spacial score (nSPS) is 25.2. The minimum Gasteiger partial charge on any atom is -0.416 e. The fraction of sp³-hybridized carbons (Fsp3) is 0.875. The predicted octanol–water partition coefficient (Wildman–Crippen LogP) is 0.649. The van der Waals surface area contributed by atoms with E-state index in [1.807, 2.05) is 13.8 Å². The average Bonchev–Trinajstić information content (AvgIpc) is 2.49. The average molecular weight is 201 g/mol. The zero-order valence-corrected chi connectivity index (χ0v) is 8.25. The molecule has 0 aromatic carbocycles. The molecule has 0 aromatic heterocycles. The number of amides is 1. The van der Waals surface area contributed by atoms with Crippen LogP contribution in [0, 0.1) is 5.92 Å². The molecule has 14 heavy (non-hydrogen) atoms. The molecular weight excluding hydrogens is 186 g/mol. The zero-order valence-electron chi connectivity index (χ0n) is 8.25. The fourth-order valence-electron chi connectivity index (χ4n) is 1.29. The minimum atomic E-state index is -0.979. The van der Waals surface area contributed by atoms with Crippen molar-refractivity contribution in [3.63, 3.8) is 0 Å². The van der Waals surface area contributed by atoms with Crippen molar-refractivity contribution in [2.75, 3.05) is 0 Å². The van der Waals surface area contributed by atoms with Crippen LogP contribution in [0.15, 0.2) is 10.2 Å². The Morgan fingerprint density at radius 1 is 1.64 bits per heavy atom. The Labute approximate surface area is 82.1 Å². The summed E-state index contributed by atoms with van der Waals surface area (Å²) in [5.41, 5.74) is 5.70. The maximum absolute atomic E-state index is 10.6. The van der Waals surface area contributed by atoms with Gasteiger partial charge in [-0.05, 0) is 12.3 Å². The monoisotopic (exact) mass is 201 g/mol. The highest BCUT2D eigenvalue weighted by molar-refractivity contribution is 5.68. The number of nitrogens with zero attached hydrogens (tertiary/aromatic N) is 2. The van der Waals surface area contributed by atoms with Crippen molar-refractivity contribution in [1.29, 1.82) is 0 Å². The highest BCUT2D eigenvalue weighted by atomic mass is 16.6. The first-order valence-electron chi connectivity index (χ1n) is 4.56. The molecule has 80 valence electrons. The summed E-state index contributed by atoms with van der Waals surface area (Å²) in [7, 11) is 0. The van der Waals surface area contributed by atoms with Gasteiger partial charge in [-0.15, -0.1) is 5.11 Å². The number of hydrogen-bond acceptors (Lipinski definition) is 5. The molecule has 0 saturated heterocycles. The largest absolute Gasteiger partial charge is 0.454 e. The minimum absolute atomic E-state index is 0.369. The number of ether oxygens (including phenoxy) is 1. The standard InChI is InChI=1S/C8H15N3O3/c1-4(2)3-5(9)6(12)7-10-11-8(13)14-7/h4-7,12H,3,9H2,1-2H3/t5-,6?,7?/m0/s1.